The van der Waals surface area contributed by atoms with Gasteiger partial charge in [0.2, 0.25) is 5.91 Å². The first-order valence-corrected chi connectivity index (χ1v) is 9.61. The van der Waals surface area contributed by atoms with Gasteiger partial charge < -0.3 is 14.5 Å². The van der Waals surface area contributed by atoms with E-state index in [1.807, 2.05) is 0 Å². The molecule has 0 bridgehead atoms. The van der Waals surface area contributed by atoms with Crippen molar-refractivity contribution < 1.29 is 32.3 Å². The standard InChI is InChI=1S/C21H25F3N2O4/c1-3-4-12-25(17(19(28)30-2)14-15-9-6-5-7-10-15)18(27)16-11-8-13-26(16)20(29)21(22,23)24/h3,5-7,9-10,16-17H,1,4,8,11-14H2,2H3/t16-,17+/m0/s1. The summed E-state index contributed by atoms with van der Waals surface area (Å²) in [6.45, 7) is 3.51. The first-order valence-electron chi connectivity index (χ1n) is 9.61. The zero-order valence-electron chi connectivity index (χ0n) is 16.7. The van der Waals surface area contributed by atoms with Gasteiger partial charge in [-0.2, -0.15) is 13.2 Å². The fourth-order valence-corrected chi connectivity index (χ4v) is 3.56. The van der Waals surface area contributed by atoms with Crippen molar-refractivity contribution in [1.29, 1.82) is 0 Å². The highest BCUT2D eigenvalue weighted by Crippen LogP contribution is 2.27. The molecule has 1 heterocycles. The first-order chi connectivity index (χ1) is 14.2. The fraction of sp³-hybridized carbons (Fsp3) is 0.476. The first kappa shape index (κ1) is 23.4. The highest BCUT2D eigenvalue weighted by molar-refractivity contribution is 5.92. The molecule has 1 aliphatic heterocycles. The Balaban J connectivity index is 2.34. The predicted molar refractivity (Wildman–Crippen MR) is 103 cm³/mol. The van der Waals surface area contributed by atoms with Crippen molar-refractivity contribution in [3.63, 3.8) is 0 Å². The van der Waals surface area contributed by atoms with Crippen molar-refractivity contribution in [3.05, 3.63) is 48.6 Å². The van der Waals surface area contributed by atoms with Gasteiger partial charge in [-0.25, -0.2) is 4.79 Å². The molecule has 9 heteroatoms. The third kappa shape index (κ3) is 5.61. The molecule has 6 nitrogen and oxygen atoms in total. The summed E-state index contributed by atoms with van der Waals surface area (Å²) in [5, 5.41) is 0. The molecule has 1 fully saturated rings. The molecule has 1 saturated heterocycles. The molecule has 1 aromatic rings. The largest absolute Gasteiger partial charge is 0.471 e. The van der Waals surface area contributed by atoms with Crippen LogP contribution in [0.5, 0.6) is 0 Å². The average molecular weight is 426 g/mol. The second-order valence-electron chi connectivity index (χ2n) is 6.99. The highest BCUT2D eigenvalue weighted by Gasteiger charge is 2.49. The summed E-state index contributed by atoms with van der Waals surface area (Å²) >= 11 is 0. The highest BCUT2D eigenvalue weighted by atomic mass is 19.4. The van der Waals surface area contributed by atoms with E-state index in [0.29, 0.717) is 11.3 Å². The number of benzene rings is 1. The number of carbonyl (C=O) groups is 3. The minimum atomic E-state index is -5.07. The molecule has 0 saturated carbocycles. The quantitative estimate of drug-likeness (QED) is 0.474. The molecule has 0 aliphatic carbocycles. The number of hydrogen-bond donors (Lipinski definition) is 0. The molecule has 1 aliphatic rings. The Bertz CT molecular complexity index is 767. The Morgan fingerprint density at radius 1 is 1.30 bits per heavy atom. The van der Waals surface area contributed by atoms with Gasteiger partial charge in [-0.1, -0.05) is 36.4 Å². The zero-order valence-corrected chi connectivity index (χ0v) is 16.7. The molecule has 2 rings (SSSR count). The van der Waals surface area contributed by atoms with Crippen molar-refractivity contribution in [2.45, 2.75) is 43.9 Å². The smallest absolute Gasteiger partial charge is 0.467 e. The number of esters is 1. The van der Waals surface area contributed by atoms with E-state index in [-0.39, 0.29) is 32.4 Å². The molecular weight excluding hydrogens is 401 g/mol. The van der Waals surface area contributed by atoms with Crippen LogP contribution in [0.1, 0.15) is 24.8 Å². The molecule has 30 heavy (non-hydrogen) atoms. The Morgan fingerprint density at radius 2 is 1.97 bits per heavy atom. The van der Waals surface area contributed by atoms with Gasteiger partial charge >= 0.3 is 18.1 Å². The lowest BCUT2D eigenvalue weighted by molar-refractivity contribution is -0.187. The molecule has 164 valence electrons. The number of rotatable bonds is 8. The predicted octanol–water partition coefficient (Wildman–Crippen LogP) is 2.73. The summed E-state index contributed by atoms with van der Waals surface area (Å²) < 4.78 is 43.8. The normalized spacial score (nSPS) is 17.3. The van der Waals surface area contributed by atoms with Crippen LogP contribution in [-0.4, -0.2) is 66.0 Å². The number of methoxy groups -OCH3 is 1. The molecular formula is C21H25F3N2O4. The maximum absolute atomic E-state index is 13.3. The van der Waals surface area contributed by atoms with Crippen molar-refractivity contribution in [3.8, 4) is 0 Å². The molecule has 0 spiro atoms. The topological polar surface area (TPSA) is 66.9 Å². The Labute approximate surface area is 173 Å². The van der Waals surface area contributed by atoms with Crippen LogP contribution in [-0.2, 0) is 25.5 Å². The SMILES string of the molecule is C=CCCN(C(=O)[C@@H]1CCCN1C(=O)C(F)(F)F)[C@H](Cc1ccccc1)C(=O)OC. The van der Waals surface area contributed by atoms with Gasteiger partial charge in [-0.3, -0.25) is 9.59 Å². The van der Waals surface area contributed by atoms with E-state index < -0.39 is 36.0 Å². The minimum absolute atomic E-state index is 0.0689. The summed E-state index contributed by atoms with van der Waals surface area (Å²) in [5.74, 6) is -3.42. The van der Waals surface area contributed by atoms with Crippen molar-refractivity contribution in [2.75, 3.05) is 20.2 Å². The Kier molecular flexibility index (Phi) is 8.02. The molecule has 2 atom stereocenters. The van der Waals surface area contributed by atoms with E-state index in [9.17, 15) is 27.6 Å². The van der Waals surface area contributed by atoms with E-state index in [2.05, 4.69) is 6.58 Å². The molecule has 0 aromatic heterocycles. The molecule has 0 radical (unpaired) electrons. The van der Waals surface area contributed by atoms with Crippen molar-refractivity contribution in [2.24, 2.45) is 0 Å². The van der Waals surface area contributed by atoms with Gasteiger partial charge in [0.1, 0.15) is 12.1 Å². The number of nitrogens with zero attached hydrogens (tertiary/aromatic N) is 2. The van der Waals surface area contributed by atoms with Crippen LogP contribution in [0.3, 0.4) is 0 Å². The summed E-state index contributed by atoms with van der Waals surface area (Å²) in [7, 11) is 1.19. The van der Waals surface area contributed by atoms with E-state index >= 15 is 0 Å². The molecule has 2 amide bonds. The van der Waals surface area contributed by atoms with E-state index in [4.69, 9.17) is 4.74 Å². The van der Waals surface area contributed by atoms with Gasteiger partial charge in [-0.15, -0.1) is 6.58 Å². The number of likely N-dealkylation sites (tertiary alicyclic amines) is 1. The van der Waals surface area contributed by atoms with Crippen LogP contribution in [0.2, 0.25) is 0 Å². The number of carbonyl (C=O) groups excluding carboxylic acids is 3. The van der Waals surface area contributed by atoms with Crippen LogP contribution in [0, 0.1) is 0 Å². The van der Waals surface area contributed by atoms with Crippen molar-refractivity contribution in [1.82, 2.24) is 9.80 Å². The minimum Gasteiger partial charge on any atom is -0.467 e. The van der Waals surface area contributed by atoms with Gasteiger partial charge in [-0.05, 0) is 24.8 Å². The monoisotopic (exact) mass is 426 g/mol. The van der Waals surface area contributed by atoms with Crippen LogP contribution < -0.4 is 0 Å². The van der Waals surface area contributed by atoms with Gasteiger partial charge in [0.15, 0.2) is 0 Å². The van der Waals surface area contributed by atoms with Gasteiger partial charge in [0.25, 0.3) is 0 Å². The third-order valence-corrected chi connectivity index (χ3v) is 5.02. The van der Waals surface area contributed by atoms with Crippen LogP contribution in [0.15, 0.2) is 43.0 Å². The van der Waals surface area contributed by atoms with E-state index in [1.54, 1.807) is 36.4 Å². The number of alkyl halides is 3. The van der Waals surface area contributed by atoms with E-state index in [1.165, 1.54) is 12.0 Å². The lowest BCUT2D eigenvalue weighted by Gasteiger charge is -2.34. The Morgan fingerprint density at radius 3 is 2.53 bits per heavy atom. The second kappa shape index (κ2) is 10.3. The number of hydrogen-bond acceptors (Lipinski definition) is 4. The summed E-state index contributed by atoms with van der Waals surface area (Å²) in [4.78, 5) is 39.3. The Hall–Kier alpha value is -2.84. The maximum atomic E-state index is 13.3. The summed E-state index contributed by atoms with van der Waals surface area (Å²) in [6, 6.07) is 6.61. The number of halogens is 3. The second-order valence-corrected chi connectivity index (χ2v) is 6.99. The maximum Gasteiger partial charge on any atom is 0.471 e. The van der Waals surface area contributed by atoms with Gasteiger partial charge in [0, 0.05) is 19.5 Å². The van der Waals surface area contributed by atoms with Crippen LogP contribution in [0.25, 0.3) is 0 Å². The molecule has 0 unspecified atom stereocenters. The zero-order chi connectivity index (χ0) is 22.3. The van der Waals surface area contributed by atoms with Crippen LogP contribution in [0.4, 0.5) is 13.2 Å². The molecule has 0 N–H and O–H groups in total. The lowest BCUT2D eigenvalue weighted by Crippen LogP contribution is -2.56. The van der Waals surface area contributed by atoms with Gasteiger partial charge in [0.05, 0.1) is 7.11 Å². The summed E-state index contributed by atoms with van der Waals surface area (Å²) in [5.41, 5.74) is 0.763. The molecule has 1 aromatic carbocycles. The summed E-state index contributed by atoms with van der Waals surface area (Å²) in [6.07, 6.45) is -2.69. The third-order valence-electron chi connectivity index (χ3n) is 5.02. The van der Waals surface area contributed by atoms with Crippen LogP contribution >= 0.6 is 0 Å². The lowest BCUT2D eigenvalue weighted by atomic mass is 10.0. The number of amides is 2. The van der Waals surface area contributed by atoms with Crippen molar-refractivity contribution >= 4 is 17.8 Å². The average Bonchev–Trinajstić information content (AvgIpc) is 3.21. The van der Waals surface area contributed by atoms with E-state index in [0.717, 1.165) is 5.56 Å². The number of ether oxygens (including phenoxy) is 1. The fourth-order valence-electron chi connectivity index (χ4n) is 3.56.